The van der Waals surface area contributed by atoms with Crippen molar-refractivity contribution >= 4 is 28.6 Å². The molecule has 4 heterocycles. The summed E-state index contributed by atoms with van der Waals surface area (Å²) in [5, 5.41) is 11.8. The number of aromatic nitrogens is 6. The fourth-order valence-corrected chi connectivity index (χ4v) is 5.60. The number of hydrogen-bond donors (Lipinski definition) is 1. The van der Waals surface area contributed by atoms with Crippen LogP contribution in [-0.4, -0.2) is 35.5 Å². The number of halogens is 3. The van der Waals surface area contributed by atoms with E-state index in [0.717, 1.165) is 12.1 Å². The Morgan fingerprint density at radius 2 is 1.95 bits per heavy atom. The van der Waals surface area contributed by atoms with Gasteiger partial charge in [-0.05, 0) is 58.7 Å². The molecular formula is C25H17ClF2N8O. The third-order valence-electron chi connectivity index (χ3n) is 7.22. The highest BCUT2D eigenvalue weighted by molar-refractivity contribution is 6.31. The average molecular weight is 519 g/mol. The zero-order valence-electron chi connectivity index (χ0n) is 19.0. The summed E-state index contributed by atoms with van der Waals surface area (Å²) >= 11 is 6.27. The number of nitrogen functional groups attached to an aromatic ring is 1. The van der Waals surface area contributed by atoms with Gasteiger partial charge in [0.05, 0.1) is 23.1 Å². The molecule has 0 spiro atoms. The number of fused-ring (bicyclic) bond motifs is 3. The van der Waals surface area contributed by atoms with Gasteiger partial charge in [0.15, 0.2) is 11.6 Å². The van der Waals surface area contributed by atoms with E-state index in [1.807, 2.05) is 0 Å². The molecule has 2 aliphatic heterocycles. The van der Waals surface area contributed by atoms with E-state index in [1.165, 1.54) is 35.4 Å². The van der Waals surface area contributed by atoms with E-state index in [4.69, 9.17) is 22.3 Å². The fourth-order valence-electron chi connectivity index (χ4n) is 5.43. The molecule has 184 valence electrons. The molecule has 3 atom stereocenters. The highest BCUT2D eigenvalue weighted by Gasteiger charge is 2.55. The number of anilines is 1. The highest BCUT2D eigenvalue weighted by Crippen LogP contribution is 2.59. The van der Waals surface area contributed by atoms with Gasteiger partial charge in [-0.2, -0.15) is 4.68 Å². The first kappa shape index (κ1) is 22.0. The number of tetrazole rings is 1. The summed E-state index contributed by atoms with van der Waals surface area (Å²) < 4.78 is 31.7. The lowest BCUT2D eigenvalue weighted by molar-refractivity contribution is 0.509. The number of hydrogen-bond acceptors (Lipinski definition) is 7. The zero-order valence-corrected chi connectivity index (χ0v) is 19.8. The van der Waals surface area contributed by atoms with Gasteiger partial charge in [-0.25, -0.2) is 13.8 Å². The molecule has 4 aromatic rings. The normalized spacial score (nSPS) is 21.4. The van der Waals surface area contributed by atoms with Crippen molar-refractivity contribution in [2.24, 2.45) is 10.9 Å². The van der Waals surface area contributed by atoms with Crippen molar-refractivity contribution in [1.82, 2.24) is 29.8 Å². The Kier molecular flexibility index (Phi) is 4.68. The third kappa shape index (κ3) is 3.34. The van der Waals surface area contributed by atoms with Crippen LogP contribution in [0.3, 0.4) is 0 Å². The Labute approximate surface area is 212 Å². The minimum atomic E-state index is -1.07. The second kappa shape index (κ2) is 7.87. The molecule has 37 heavy (non-hydrogen) atoms. The summed E-state index contributed by atoms with van der Waals surface area (Å²) in [5.41, 5.74) is 8.14. The van der Waals surface area contributed by atoms with Gasteiger partial charge in [0.1, 0.15) is 12.2 Å². The van der Waals surface area contributed by atoms with Gasteiger partial charge >= 0.3 is 0 Å². The first-order chi connectivity index (χ1) is 17.9. The van der Waals surface area contributed by atoms with Gasteiger partial charge in [-0.3, -0.25) is 14.4 Å². The molecule has 7 rings (SSSR count). The predicted molar refractivity (Wildman–Crippen MR) is 132 cm³/mol. The molecule has 2 aromatic heterocycles. The molecule has 0 bridgehead atoms. The molecule has 1 aliphatic carbocycles. The zero-order chi connectivity index (χ0) is 25.4. The van der Waals surface area contributed by atoms with Crippen LogP contribution in [0.5, 0.6) is 0 Å². The summed E-state index contributed by atoms with van der Waals surface area (Å²) in [5.74, 6) is -1.10. The second-order valence-electron chi connectivity index (χ2n) is 9.36. The summed E-state index contributed by atoms with van der Waals surface area (Å²) in [6.45, 7) is 0. The van der Waals surface area contributed by atoms with Crippen molar-refractivity contribution < 1.29 is 8.78 Å². The van der Waals surface area contributed by atoms with Crippen LogP contribution < -0.4 is 11.3 Å². The lowest BCUT2D eigenvalue weighted by Gasteiger charge is -2.19. The largest absolute Gasteiger partial charge is 0.396 e. The number of rotatable bonds is 4. The summed E-state index contributed by atoms with van der Waals surface area (Å²) in [6, 6.07) is 9.18. The first-order valence-corrected chi connectivity index (χ1v) is 11.9. The van der Waals surface area contributed by atoms with Crippen LogP contribution in [0.25, 0.3) is 22.5 Å². The van der Waals surface area contributed by atoms with E-state index < -0.39 is 11.6 Å². The first-order valence-electron chi connectivity index (χ1n) is 11.6. The number of allylic oxidation sites excluding steroid dienone is 1. The van der Waals surface area contributed by atoms with Crippen LogP contribution in [0.15, 0.2) is 58.7 Å². The SMILES string of the molecule is Nc1ccc(C2=CN=C([C@@H]3[C@H]4C[C@H]4c4nc(-c5cc(Cl)ccc5-n5cnnn5)cc(=O)n43)C2)c(F)c1F. The summed E-state index contributed by atoms with van der Waals surface area (Å²) in [7, 11) is 0. The van der Waals surface area contributed by atoms with Gasteiger partial charge in [0.2, 0.25) is 0 Å². The summed E-state index contributed by atoms with van der Waals surface area (Å²) in [4.78, 5) is 22.9. The second-order valence-corrected chi connectivity index (χ2v) is 9.79. The number of aliphatic imine (C=N–C) groups is 1. The van der Waals surface area contributed by atoms with E-state index >= 15 is 0 Å². The van der Waals surface area contributed by atoms with Crippen molar-refractivity contribution in [2.45, 2.75) is 24.8 Å². The molecule has 2 aromatic carbocycles. The van der Waals surface area contributed by atoms with Crippen molar-refractivity contribution in [3.63, 3.8) is 0 Å². The lowest BCUT2D eigenvalue weighted by atomic mass is 9.97. The van der Waals surface area contributed by atoms with E-state index in [2.05, 4.69) is 20.5 Å². The molecule has 0 saturated heterocycles. The lowest BCUT2D eigenvalue weighted by Crippen LogP contribution is -2.30. The van der Waals surface area contributed by atoms with Crippen LogP contribution in [-0.2, 0) is 0 Å². The Morgan fingerprint density at radius 3 is 2.76 bits per heavy atom. The van der Waals surface area contributed by atoms with E-state index in [0.29, 0.717) is 39.8 Å². The van der Waals surface area contributed by atoms with Crippen LogP contribution in [0.4, 0.5) is 14.5 Å². The molecule has 0 amide bonds. The van der Waals surface area contributed by atoms with Gasteiger partial charge in [-0.1, -0.05) is 11.6 Å². The molecule has 9 nitrogen and oxygen atoms in total. The Bertz CT molecular complexity index is 1730. The molecule has 12 heteroatoms. The fraction of sp³-hybridized carbons (Fsp3) is 0.200. The van der Waals surface area contributed by atoms with Crippen molar-refractivity contribution in [1.29, 1.82) is 0 Å². The molecule has 3 aliphatic rings. The average Bonchev–Trinajstić information content (AvgIpc) is 3.23. The maximum atomic E-state index is 14.5. The monoisotopic (exact) mass is 518 g/mol. The molecule has 1 saturated carbocycles. The van der Waals surface area contributed by atoms with Crippen molar-refractivity contribution in [2.75, 3.05) is 5.73 Å². The third-order valence-corrected chi connectivity index (χ3v) is 7.46. The Morgan fingerprint density at radius 1 is 1.08 bits per heavy atom. The number of nitrogens with two attached hydrogens (primary N) is 1. The summed E-state index contributed by atoms with van der Waals surface area (Å²) in [6.07, 6.45) is 4.17. The quantitative estimate of drug-likeness (QED) is 0.409. The van der Waals surface area contributed by atoms with E-state index in [-0.39, 0.29) is 34.7 Å². The van der Waals surface area contributed by atoms with Gasteiger partial charge < -0.3 is 5.73 Å². The van der Waals surface area contributed by atoms with Crippen LogP contribution in [0.2, 0.25) is 5.02 Å². The number of nitrogens with zero attached hydrogens (tertiary/aromatic N) is 7. The van der Waals surface area contributed by atoms with Gasteiger partial charge in [0.25, 0.3) is 5.56 Å². The highest BCUT2D eigenvalue weighted by atomic mass is 35.5. The van der Waals surface area contributed by atoms with Crippen molar-refractivity contribution in [3.05, 3.63) is 87.3 Å². The molecule has 0 radical (unpaired) electrons. The topological polar surface area (TPSA) is 117 Å². The Balaban J connectivity index is 1.25. The van der Waals surface area contributed by atoms with Gasteiger partial charge in [-0.15, -0.1) is 5.10 Å². The predicted octanol–water partition coefficient (Wildman–Crippen LogP) is 3.94. The minimum absolute atomic E-state index is 0.116. The number of benzene rings is 2. The van der Waals surface area contributed by atoms with Crippen LogP contribution >= 0.6 is 11.6 Å². The maximum Gasteiger partial charge on any atom is 0.254 e. The molecule has 1 fully saturated rings. The Hall–Kier alpha value is -4.25. The molecule has 0 unspecified atom stereocenters. The van der Waals surface area contributed by atoms with Crippen LogP contribution in [0, 0.1) is 17.6 Å². The van der Waals surface area contributed by atoms with E-state index in [9.17, 15) is 13.6 Å². The standard InChI is InChI=1S/C25H17ClF2N8O/c26-12-1-4-20(35-10-31-33-34-35)16(6-12)18-8-21(37)36-24(14-7-15(14)25(36)32-18)19-5-11(9-30-19)13-2-3-17(29)23(28)22(13)27/h1-4,6,8-10,14-15,24H,5,7,29H2/t14-,15+,24-/m0/s1. The van der Waals surface area contributed by atoms with E-state index in [1.54, 1.807) is 22.8 Å². The minimum Gasteiger partial charge on any atom is -0.396 e. The van der Waals surface area contributed by atoms with Gasteiger partial charge in [0, 0.05) is 46.5 Å². The molecule has 2 N–H and O–H groups in total. The van der Waals surface area contributed by atoms with Crippen molar-refractivity contribution in [3.8, 4) is 16.9 Å². The maximum absolute atomic E-state index is 14.5. The smallest absolute Gasteiger partial charge is 0.254 e. The van der Waals surface area contributed by atoms with Crippen LogP contribution in [0.1, 0.15) is 36.2 Å². The molecular weight excluding hydrogens is 502 g/mol.